The van der Waals surface area contributed by atoms with Crippen LogP contribution in [0.2, 0.25) is 0 Å². The molecule has 2 heterocycles. The van der Waals surface area contributed by atoms with Gasteiger partial charge in [0.15, 0.2) is 14.9 Å². The highest BCUT2D eigenvalue weighted by Gasteiger charge is 2.32. The molecule has 1 fully saturated rings. The van der Waals surface area contributed by atoms with Gasteiger partial charge in [0.1, 0.15) is 11.8 Å². The average molecular weight is 424 g/mol. The van der Waals surface area contributed by atoms with Gasteiger partial charge in [-0.15, -0.1) is 5.06 Å². The van der Waals surface area contributed by atoms with Crippen LogP contribution in [0.25, 0.3) is 0 Å². The molecule has 0 bridgehead atoms. The quantitative estimate of drug-likeness (QED) is 0.624. The third kappa shape index (κ3) is 6.35. The Labute approximate surface area is 167 Å². The summed E-state index contributed by atoms with van der Waals surface area (Å²) < 4.78 is 23.3. The molecule has 1 N–H and O–H groups in total. The third-order valence-electron chi connectivity index (χ3n) is 3.38. The van der Waals surface area contributed by atoms with Crippen LogP contribution in [-0.2, 0) is 29.1 Å². The van der Waals surface area contributed by atoms with Crippen LogP contribution in [0.5, 0.6) is 0 Å². The minimum absolute atomic E-state index is 0.0319. The van der Waals surface area contributed by atoms with Crippen molar-refractivity contribution in [1.29, 1.82) is 5.26 Å². The maximum atomic E-state index is 12.0. The highest BCUT2D eigenvalue weighted by molar-refractivity contribution is 7.90. The zero-order valence-electron chi connectivity index (χ0n) is 16.1. The standard InChI is InChI=1S/C15H14N4O7S.C2H6/c1-27(24,25)15-9(8-16)2-3-10(18-15)14(23)17-7-6-13(22)26-19-11(20)4-5-12(19)21;1-2/h2-3H,4-7H2,1H3,(H,17,23);1-2H3. The van der Waals surface area contributed by atoms with Crippen molar-refractivity contribution in [2.75, 3.05) is 12.8 Å². The van der Waals surface area contributed by atoms with Gasteiger partial charge in [0.05, 0.1) is 12.0 Å². The van der Waals surface area contributed by atoms with E-state index in [1.807, 2.05) is 13.8 Å². The Hall–Kier alpha value is -3.33. The van der Waals surface area contributed by atoms with Crippen molar-refractivity contribution >= 4 is 33.5 Å². The van der Waals surface area contributed by atoms with Crippen molar-refractivity contribution in [2.45, 2.75) is 38.1 Å². The third-order valence-corrected chi connectivity index (χ3v) is 4.39. The molecule has 1 aromatic rings. The second kappa shape index (κ2) is 10.3. The van der Waals surface area contributed by atoms with Gasteiger partial charge in [-0.05, 0) is 12.1 Å². The van der Waals surface area contributed by atoms with E-state index in [0.29, 0.717) is 5.06 Å². The Morgan fingerprint density at radius 2 is 1.83 bits per heavy atom. The number of hydrogen-bond acceptors (Lipinski definition) is 9. The highest BCUT2D eigenvalue weighted by Crippen LogP contribution is 2.14. The zero-order chi connectivity index (χ0) is 22.2. The van der Waals surface area contributed by atoms with Crippen LogP contribution in [0.15, 0.2) is 17.2 Å². The molecule has 0 unspecified atom stereocenters. The first-order valence-corrected chi connectivity index (χ1v) is 10.5. The molecule has 29 heavy (non-hydrogen) atoms. The maximum Gasteiger partial charge on any atom is 0.334 e. The van der Waals surface area contributed by atoms with E-state index in [1.165, 1.54) is 6.07 Å². The molecule has 1 aliphatic rings. The SMILES string of the molecule is CC.CS(=O)(=O)c1nc(C(=O)NCCC(=O)ON2C(=O)CCC2=O)ccc1C#N. The maximum absolute atomic E-state index is 12.0. The van der Waals surface area contributed by atoms with E-state index in [-0.39, 0.29) is 37.1 Å². The Morgan fingerprint density at radius 1 is 1.24 bits per heavy atom. The van der Waals surface area contributed by atoms with Crippen molar-refractivity contribution in [1.82, 2.24) is 15.4 Å². The van der Waals surface area contributed by atoms with Gasteiger partial charge in [-0.25, -0.2) is 18.2 Å². The summed E-state index contributed by atoms with van der Waals surface area (Å²) in [6.07, 6.45) is 0.457. The summed E-state index contributed by atoms with van der Waals surface area (Å²) in [4.78, 5) is 54.6. The summed E-state index contributed by atoms with van der Waals surface area (Å²) in [6, 6.07) is 3.99. The molecule has 0 radical (unpaired) electrons. The van der Waals surface area contributed by atoms with Crippen LogP contribution < -0.4 is 5.32 Å². The van der Waals surface area contributed by atoms with E-state index < -0.39 is 38.6 Å². The average Bonchev–Trinajstić information content (AvgIpc) is 3.00. The molecule has 0 atom stereocenters. The van der Waals surface area contributed by atoms with Crippen molar-refractivity contribution in [3.05, 3.63) is 23.4 Å². The first kappa shape index (κ1) is 23.7. The molecule has 0 spiro atoms. The number of nitrogens with zero attached hydrogens (tertiary/aromatic N) is 3. The van der Waals surface area contributed by atoms with Gasteiger partial charge >= 0.3 is 5.97 Å². The van der Waals surface area contributed by atoms with Crippen LogP contribution in [0, 0.1) is 11.3 Å². The summed E-state index contributed by atoms with van der Waals surface area (Å²) in [5.74, 6) is -2.91. The van der Waals surface area contributed by atoms with Gasteiger partial charge < -0.3 is 10.2 Å². The Balaban J connectivity index is 0.00000204. The van der Waals surface area contributed by atoms with Crippen LogP contribution in [0.4, 0.5) is 0 Å². The largest absolute Gasteiger partial charge is 0.350 e. The van der Waals surface area contributed by atoms with Crippen LogP contribution in [-0.4, -0.2) is 55.0 Å². The number of amides is 3. The van der Waals surface area contributed by atoms with E-state index in [2.05, 4.69) is 15.1 Å². The monoisotopic (exact) mass is 424 g/mol. The number of pyridine rings is 1. The lowest BCUT2D eigenvalue weighted by Crippen LogP contribution is -2.34. The molecule has 1 saturated heterocycles. The van der Waals surface area contributed by atoms with Crippen molar-refractivity contribution < 1.29 is 32.4 Å². The predicted octanol–water partition coefficient (Wildman–Crippen LogP) is 0.110. The molecule has 156 valence electrons. The fraction of sp³-hybridized carbons (Fsp3) is 0.412. The summed E-state index contributed by atoms with van der Waals surface area (Å²) in [7, 11) is -3.82. The lowest BCUT2D eigenvalue weighted by atomic mass is 10.2. The van der Waals surface area contributed by atoms with E-state index in [0.717, 1.165) is 12.3 Å². The molecule has 1 aliphatic heterocycles. The van der Waals surface area contributed by atoms with Crippen LogP contribution in [0.1, 0.15) is 49.2 Å². The number of imide groups is 1. The molecule has 12 heteroatoms. The van der Waals surface area contributed by atoms with Gasteiger partial charge in [0.25, 0.3) is 17.7 Å². The van der Waals surface area contributed by atoms with E-state index >= 15 is 0 Å². The molecule has 0 aliphatic carbocycles. The molecule has 2 rings (SSSR count). The van der Waals surface area contributed by atoms with E-state index in [9.17, 15) is 27.6 Å². The number of aromatic nitrogens is 1. The van der Waals surface area contributed by atoms with Gasteiger partial charge in [-0.2, -0.15) is 5.26 Å². The summed E-state index contributed by atoms with van der Waals surface area (Å²) in [6.45, 7) is 3.80. The molecule has 11 nitrogen and oxygen atoms in total. The van der Waals surface area contributed by atoms with Gasteiger partial charge in [0, 0.05) is 25.6 Å². The predicted molar refractivity (Wildman–Crippen MR) is 97.5 cm³/mol. The second-order valence-electron chi connectivity index (χ2n) is 5.48. The summed E-state index contributed by atoms with van der Waals surface area (Å²) in [5.41, 5.74) is -0.453. The first-order valence-electron chi connectivity index (χ1n) is 8.59. The van der Waals surface area contributed by atoms with Crippen LogP contribution in [0.3, 0.4) is 0 Å². The number of nitriles is 1. The van der Waals surface area contributed by atoms with E-state index in [4.69, 9.17) is 5.26 Å². The molecular formula is C17H20N4O7S. The number of rotatable bonds is 6. The topological polar surface area (TPSA) is 164 Å². The molecule has 0 aromatic carbocycles. The fourth-order valence-corrected chi connectivity index (χ4v) is 2.89. The lowest BCUT2D eigenvalue weighted by molar-refractivity contribution is -0.197. The summed E-state index contributed by atoms with van der Waals surface area (Å²) >= 11 is 0. The van der Waals surface area contributed by atoms with Crippen molar-refractivity contribution in [3.63, 3.8) is 0 Å². The number of carbonyl (C=O) groups excluding carboxylic acids is 4. The number of hydrogen-bond donors (Lipinski definition) is 1. The summed E-state index contributed by atoms with van der Waals surface area (Å²) in [5, 5.41) is 11.1. The smallest absolute Gasteiger partial charge is 0.334 e. The Morgan fingerprint density at radius 3 is 2.34 bits per heavy atom. The fourth-order valence-electron chi connectivity index (χ4n) is 2.11. The molecule has 1 aromatic heterocycles. The molecular weight excluding hydrogens is 404 g/mol. The normalized spacial score (nSPS) is 13.2. The second-order valence-corrected chi connectivity index (χ2v) is 7.42. The molecule has 3 amide bonds. The number of nitrogens with one attached hydrogen (secondary N) is 1. The van der Waals surface area contributed by atoms with Gasteiger partial charge in [0.2, 0.25) is 0 Å². The highest BCUT2D eigenvalue weighted by atomic mass is 32.2. The van der Waals surface area contributed by atoms with Gasteiger partial charge in [-0.1, -0.05) is 13.8 Å². The number of hydroxylamine groups is 2. The first-order chi connectivity index (χ1) is 13.6. The minimum Gasteiger partial charge on any atom is -0.350 e. The number of sulfone groups is 1. The minimum atomic E-state index is -3.82. The van der Waals surface area contributed by atoms with Crippen LogP contribution >= 0.6 is 0 Å². The molecule has 0 saturated carbocycles. The van der Waals surface area contributed by atoms with Crippen molar-refractivity contribution in [2.24, 2.45) is 0 Å². The van der Waals surface area contributed by atoms with Crippen molar-refractivity contribution in [3.8, 4) is 6.07 Å². The zero-order valence-corrected chi connectivity index (χ0v) is 16.9. The Kier molecular flexibility index (Phi) is 8.40. The number of carbonyl (C=O) groups is 4. The van der Waals surface area contributed by atoms with E-state index in [1.54, 1.807) is 6.07 Å². The Bertz CT molecular complexity index is 950. The lowest BCUT2D eigenvalue weighted by Gasteiger charge is -2.12. The van der Waals surface area contributed by atoms with Gasteiger partial charge in [-0.3, -0.25) is 14.4 Å².